The van der Waals surface area contributed by atoms with Crippen LogP contribution < -0.4 is 10.6 Å². The van der Waals surface area contributed by atoms with Gasteiger partial charge in [-0.05, 0) is 42.9 Å². The maximum absolute atomic E-state index is 12.7. The van der Waals surface area contributed by atoms with Crippen molar-refractivity contribution in [2.75, 3.05) is 18.4 Å². The number of benzene rings is 1. The zero-order valence-electron chi connectivity index (χ0n) is 14.6. The van der Waals surface area contributed by atoms with Crippen molar-refractivity contribution >= 4 is 29.0 Å². The fourth-order valence-corrected chi connectivity index (χ4v) is 4.33. The molecule has 4 rings (SSSR count). The van der Waals surface area contributed by atoms with E-state index in [1.165, 1.54) is 0 Å². The molecule has 2 amide bonds. The largest absolute Gasteiger partial charge is 0.379 e. The van der Waals surface area contributed by atoms with Gasteiger partial charge in [-0.1, -0.05) is 22.7 Å². The molecule has 2 aliphatic heterocycles. The molecule has 8 heteroatoms. The number of nitrogens with one attached hydrogen (secondary N) is 2. The second-order valence-corrected chi connectivity index (χ2v) is 7.75. The lowest BCUT2D eigenvalue weighted by atomic mass is 9.82. The van der Waals surface area contributed by atoms with Crippen molar-refractivity contribution in [2.45, 2.75) is 38.3 Å². The molecule has 136 valence electrons. The minimum absolute atomic E-state index is 0.0111. The molecule has 1 aromatic carbocycles. The molecule has 2 aromatic rings. The van der Waals surface area contributed by atoms with E-state index in [2.05, 4.69) is 26.3 Å². The lowest BCUT2D eigenvalue weighted by Crippen LogP contribution is -2.53. The number of carbonyl (C=O) groups excluding carboxylic acids is 2. The third kappa shape index (κ3) is 3.16. The lowest BCUT2D eigenvalue weighted by molar-refractivity contribution is -0.122. The number of anilines is 1. The highest BCUT2D eigenvalue weighted by molar-refractivity contribution is 7.07. The Kier molecular flexibility index (Phi) is 4.36. The maximum Gasteiger partial charge on any atom is 0.267 e. The van der Waals surface area contributed by atoms with Gasteiger partial charge in [0.15, 0.2) is 0 Å². The molecule has 2 aliphatic rings. The van der Waals surface area contributed by atoms with E-state index in [1.807, 2.05) is 23.1 Å². The summed E-state index contributed by atoms with van der Waals surface area (Å²) < 4.78 is 3.86. The standard InChI is InChI=1S/C18H21N5O2S/c1-12-16(26-22-21-12)17(25)23-8-6-18(7-9-23)10-15(24)19-11-13-4-2-3-5-14(13)20-18/h2-5,20H,6-11H2,1H3,(H,19,24). The lowest BCUT2D eigenvalue weighted by Gasteiger charge is -2.43. The van der Waals surface area contributed by atoms with E-state index in [9.17, 15) is 9.59 Å². The number of carbonyl (C=O) groups is 2. The smallest absolute Gasteiger partial charge is 0.267 e. The van der Waals surface area contributed by atoms with Crippen molar-refractivity contribution in [3.05, 3.63) is 40.4 Å². The molecule has 1 saturated heterocycles. The third-order valence-corrected chi connectivity index (χ3v) is 6.06. The van der Waals surface area contributed by atoms with Crippen molar-refractivity contribution < 1.29 is 9.59 Å². The second kappa shape index (κ2) is 6.68. The third-order valence-electron chi connectivity index (χ3n) is 5.25. The number of likely N-dealkylation sites (tertiary alicyclic amines) is 1. The van der Waals surface area contributed by atoms with Crippen LogP contribution in [0.2, 0.25) is 0 Å². The fourth-order valence-electron chi connectivity index (χ4n) is 3.70. The summed E-state index contributed by atoms with van der Waals surface area (Å²) in [6, 6.07) is 8.06. The number of nitrogens with zero attached hydrogens (tertiary/aromatic N) is 3. The SMILES string of the molecule is Cc1nnsc1C(=O)N1CCC2(CC1)CC(=O)NCc1ccccc1N2. The molecule has 0 aliphatic carbocycles. The molecule has 0 bridgehead atoms. The quantitative estimate of drug-likeness (QED) is 0.800. The normalized spacial score (nSPS) is 19.1. The van der Waals surface area contributed by atoms with Crippen molar-refractivity contribution in [3.8, 4) is 0 Å². The van der Waals surface area contributed by atoms with Crippen LogP contribution in [-0.2, 0) is 11.3 Å². The van der Waals surface area contributed by atoms with Gasteiger partial charge in [0, 0.05) is 37.3 Å². The van der Waals surface area contributed by atoms with Gasteiger partial charge in [-0.15, -0.1) is 5.10 Å². The number of piperidine rings is 1. The first-order valence-corrected chi connectivity index (χ1v) is 9.55. The number of fused-ring (bicyclic) bond motifs is 1. The molecule has 0 atom stereocenters. The summed E-state index contributed by atoms with van der Waals surface area (Å²) in [5.41, 5.74) is 2.51. The van der Waals surface area contributed by atoms with Gasteiger partial charge in [-0.25, -0.2) is 0 Å². The van der Waals surface area contributed by atoms with Gasteiger partial charge in [0.1, 0.15) is 4.88 Å². The molecule has 1 spiro atoms. The Morgan fingerprint density at radius 3 is 2.77 bits per heavy atom. The van der Waals surface area contributed by atoms with Crippen LogP contribution in [0.4, 0.5) is 5.69 Å². The highest BCUT2D eigenvalue weighted by Gasteiger charge is 2.39. The first kappa shape index (κ1) is 17.0. The summed E-state index contributed by atoms with van der Waals surface area (Å²) in [6.45, 7) is 3.57. The van der Waals surface area contributed by atoms with E-state index in [0.29, 0.717) is 36.6 Å². The van der Waals surface area contributed by atoms with Crippen LogP contribution in [0.5, 0.6) is 0 Å². The first-order chi connectivity index (χ1) is 12.6. The monoisotopic (exact) mass is 371 g/mol. The van der Waals surface area contributed by atoms with Crippen molar-refractivity contribution in [1.82, 2.24) is 19.8 Å². The van der Waals surface area contributed by atoms with E-state index in [-0.39, 0.29) is 17.4 Å². The van der Waals surface area contributed by atoms with Gasteiger partial charge in [0.05, 0.1) is 5.69 Å². The summed E-state index contributed by atoms with van der Waals surface area (Å²) in [5.74, 6) is 0.0392. The zero-order chi connectivity index (χ0) is 18.1. The molecule has 26 heavy (non-hydrogen) atoms. The number of hydrogen-bond acceptors (Lipinski definition) is 6. The minimum Gasteiger partial charge on any atom is -0.379 e. The van der Waals surface area contributed by atoms with E-state index >= 15 is 0 Å². The average Bonchev–Trinajstić information content (AvgIpc) is 3.06. The van der Waals surface area contributed by atoms with Gasteiger partial charge in [0.2, 0.25) is 5.91 Å². The number of para-hydroxylation sites is 1. The van der Waals surface area contributed by atoms with Crippen LogP contribution in [0.15, 0.2) is 24.3 Å². The summed E-state index contributed by atoms with van der Waals surface area (Å²) in [4.78, 5) is 27.5. The van der Waals surface area contributed by atoms with Crippen LogP contribution in [0, 0.1) is 6.92 Å². The van der Waals surface area contributed by atoms with Crippen LogP contribution in [0.1, 0.15) is 40.2 Å². The highest BCUT2D eigenvalue weighted by atomic mass is 32.1. The van der Waals surface area contributed by atoms with Crippen LogP contribution in [-0.4, -0.2) is 44.9 Å². The Labute approximate surface area is 155 Å². The Hall–Kier alpha value is -2.48. The summed E-state index contributed by atoms with van der Waals surface area (Å²) >= 11 is 1.14. The Balaban J connectivity index is 1.53. The van der Waals surface area contributed by atoms with Crippen LogP contribution in [0.25, 0.3) is 0 Å². The molecule has 0 saturated carbocycles. The topological polar surface area (TPSA) is 87.2 Å². The molecule has 7 nitrogen and oxygen atoms in total. The number of amides is 2. The molecular weight excluding hydrogens is 350 g/mol. The van der Waals surface area contributed by atoms with Gasteiger partial charge in [0.25, 0.3) is 5.91 Å². The molecular formula is C18H21N5O2S. The van der Waals surface area contributed by atoms with E-state index < -0.39 is 0 Å². The predicted molar refractivity (Wildman–Crippen MR) is 99.0 cm³/mol. The maximum atomic E-state index is 12.7. The van der Waals surface area contributed by atoms with Gasteiger partial charge < -0.3 is 15.5 Å². The van der Waals surface area contributed by atoms with E-state index in [4.69, 9.17) is 0 Å². The summed E-state index contributed by atoms with van der Waals surface area (Å²) in [7, 11) is 0. The number of aromatic nitrogens is 2. The van der Waals surface area contributed by atoms with Crippen molar-refractivity contribution in [3.63, 3.8) is 0 Å². The van der Waals surface area contributed by atoms with Crippen LogP contribution in [0.3, 0.4) is 0 Å². The summed E-state index contributed by atoms with van der Waals surface area (Å²) in [5, 5.41) is 10.6. The second-order valence-electron chi connectivity index (χ2n) is 7.00. The Morgan fingerprint density at radius 1 is 1.27 bits per heavy atom. The van der Waals surface area contributed by atoms with Gasteiger partial charge in [-0.2, -0.15) is 0 Å². The predicted octanol–water partition coefficient (Wildman–Crippen LogP) is 1.95. The van der Waals surface area contributed by atoms with Crippen molar-refractivity contribution in [2.24, 2.45) is 0 Å². The number of rotatable bonds is 1. The first-order valence-electron chi connectivity index (χ1n) is 8.77. The number of hydrogen-bond donors (Lipinski definition) is 2. The fraction of sp³-hybridized carbons (Fsp3) is 0.444. The minimum atomic E-state index is -0.321. The van der Waals surface area contributed by atoms with Gasteiger partial charge >= 0.3 is 0 Å². The molecule has 2 N–H and O–H groups in total. The van der Waals surface area contributed by atoms with E-state index in [1.54, 1.807) is 6.92 Å². The van der Waals surface area contributed by atoms with Crippen LogP contribution >= 0.6 is 11.5 Å². The molecule has 0 radical (unpaired) electrons. The van der Waals surface area contributed by atoms with Gasteiger partial charge in [-0.3, -0.25) is 9.59 Å². The highest BCUT2D eigenvalue weighted by Crippen LogP contribution is 2.33. The van der Waals surface area contributed by atoms with Crippen molar-refractivity contribution in [1.29, 1.82) is 0 Å². The molecule has 1 fully saturated rings. The zero-order valence-corrected chi connectivity index (χ0v) is 15.4. The van der Waals surface area contributed by atoms with E-state index in [0.717, 1.165) is 35.6 Å². The molecule has 1 aromatic heterocycles. The molecule has 0 unspecified atom stereocenters. The average molecular weight is 371 g/mol. The number of aryl methyl sites for hydroxylation is 1. The molecule has 3 heterocycles. The Morgan fingerprint density at radius 2 is 2.04 bits per heavy atom. The summed E-state index contributed by atoms with van der Waals surface area (Å²) in [6.07, 6.45) is 1.88. The Bertz CT molecular complexity index is 842.